The van der Waals surface area contributed by atoms with Crippen LogP contribution in [-0.4, -0.2) is 35.6 Å². The summed E-state index contributed by atoms with van der Waals surface area (Å²) < 4.78 is 5.19. The number of benzene rings is 1. The molecule has 0 unspecified atom stereocenters. The molecule has 25 heavy (non-hydrogen) atoms. The lowest BCUT2D eigenvalue weighted by molar-refractivity contribution is 0.318. The highest BCUT2D eigenvalue weighted by atomic mass is 32.2. The molecule has 4 rings (SSSR count). The maximum absolute atomic E-state index is 6.28. The van der Waals surface area contributed by atoms with Gasteiger partial charge >= 0.3 is 0 Å². The second-order valence-corrected chi connectivity index (χ2v) is 8.23. The Morgan fingerprint density at radius 1 is 1.28 bits per heavy atom. The van der Waals surface area contributed by atoms with E-state index in [9.17, 15) is 0 Å². The number of thioether (sulfide) groups is 1. The third-order valence-corrected chi connectivity index (χ3v) is 6.45. The summed E-state index contributed by atoms with van der Waals surface area (Å²) in [7, 11) is 3.83. The van der Waals surface area contributed by atoms with Crippen LogP contribution in [0.5, 0.6) is 5.75 Å². The number of hydrogen-bond donors (Lipinski definition) is 1. The van der Waals surface area contributed by atoms with Gasteiger partial charge in [-0.3, -0.25) is 0 Å². The fourth-order valence-electron chi connectivity index (χ4n) is 3.06. The van der Waals surface area contributed by atoms with Gasteiger partial charge in [0.15, 0.2) is 5.16 Å². The first-order valence-corrected chi connectivity index (χ1v) is 9.96. The summed E-state index contributed by atoms with van der Waals surface area (Å²) in [5.74, 6) is 2.29. The van der Waals surface area contributed by atoms with Crippen LogP contribution in [0.4, 0.5) is 5.82 Å². The minimum absolute atomic E-state index is 0.615. The lowest BCUT2D eigenvalue weighted by Gasteiger charge is -2.22. The van der Waals surface area contributed by atoms with Gasteiger partial charge in [-0.1, -0.05) is 23.9 Å². The Hall–Kier alpha value is -1.83. The monoisotopic (exact) mass is 372 g/mol. The van der Waals surface area contributed by atoms with Crippen molar-refractivity contribution in [2.75, 3.05) is 26.4 Å². The number of thiophene rings is 1. The summed E-state index contributed by atoms with van der Waals surface area (Å²) in [5.41, 5.74) is 8.84. The summed E-state index contributed by atoms with van der Waals surface area (Å²) in [6, 6.07) is 8.07. The summed E-state index contributed by atoms with van der Waals surface area (Å²) in [6.45, 7) is 2.04. The van der Waals surface area contributed by atoms with Gasteiger partial charge < -0.3 is 15.4 Å². The Morgan fingerprint density at radius 3 is 2.84 bits per heavy atom. The Bertz CT molecular complexity index is 908. The molecule has 3 heterocycles. The van der Waals surface area contributed by atoms with Crippen molar-refractivity contribution >= 4 is 39.1 Å². The van der Waals surface area contributed by atoms with Crippen molar-refractivity contribution in [2.24, 2.45) is 0 Å². The van der Waals surface area contributed by atoms with E-state index in [1.54, 1.807) is 30.2 Å². The average Bonchev–Trinajstić information content (AvgIpc) is 2.98. The van der Waals surface area contributed by atoms with Gasteiger partial charge in [-0.05, 0) is 36.7 Å². The molecular weight excluding hydrogens is 352 g/mol. The summed E-state index contributed by atoms with van der Waals surface area (Å²) in [5, 5.41) is 1.81. The number of fused-ring (bicyclic) bond motifs is 3. The molecular formula is C18H20N4OS2. The Labute approximate surface area is 155 Å². The molecule has 2 N–H and O–H groups in total. The number of anilines is 1. The number of methoxy groups -OCH3 is 1. The summed E-state index contributed by atoms with van der Waals surface area (Å²) >= 11 is 3.37. The van der Waals surface area contributed by atoms with Gasteiger partial charge in [-0.15, -0.1) is 11.3 Å². The van der Waals surface area contributed by atoms with Crippen LogP contribution in [0.15, 0.2) is 29.4 Å². The van der Waals surface area contributed by atoms with E-state index in [1.165, 1.54) is 16.0 Å². The van der Waals surface area contributed by atoms with E-state index < -0.39 is 0 Å². The number of rotatable bonds is 4. The van der Waals surface area contributed by atoms with E-state index in [0.29, 0.717) is 5.82 Å². The first kappa shape index (κ1) is 16.6. The molecule has 0 radical (unpaired) electrons. The van der Waals surface area contributed by atoms with Gasteiger partial charge in [0.05, 0.1) is 12.5 Å². The Kier molecular flexibility index (Phi) is 4.54. The fourth-order valence-corrected chi connectivity index (χ4v) is 5.24. The standard InChI is InChI=1S/C18H20N4OS2/c1-22-8-7-13-14(9-22)25-17-15(13)16(19)20-18(21-17)24-10-11-3-5-12(23-2)6-4-11/h3-6H,7-10H2,1-2H3,(H2,19,20,21). The molecule has 0 bridgehead atoms. The van der Waals surface area contributed by atoms with Gasteiger partial charge in [0.2, 0.25) is 0 Å². The van der Waals surface area contributed by atoms with Crippen molar-refractivity contribution in [2.45, 2.75) is 23.9 Å². The van der Waals surface area contributed by atoms with Crippen molar-refractivity contribution < 1.29 is 4.74 Å². The van der Waals surface area contributed by atoms with E-state index in [0.717, 1.165) is 46.4 Å². The molecule has 0 fully saturated rings. The maximum atomic E-state index is 6.28. The van der Waals surface area contributed by atoms with Crippen LogP contribution >= 0.6 is 23.1 Å². The highest BCUT2D eigenvalue weighted by molar-refractivity contribution is 7.98. The SMILES string of the molecule is COc1ccc(CSc2nc(N)c3c4c(sc3n2)CN(C)CC4)cc1. The topological polar surface area (TPSA) is 64.3 Å². The molecule has 1 aromatic carbocycles. The van der Waals surface area contributed by atoms with E-state index in [4.69, 9.17) is 15.5 Å². The predicted octanol–water partition coefficient (Wildman–Crippen LogP) is 3.56. The van der Waals surface area contributed by atoms with Crippen molar-refractivity contribution in [1.82, 2.24) is 14.9 Å². The molecule has 0 saturated heterocycles. The predicted molar refractivity (Wildman–Crippen MR) is 104 cm³/mol. The zero-order valence-corrected chi connectivity index (χ0v) is 15.9. The van der Waals surface area contributed by atoms with Crippen LogP contribution in [0.3, 0.4) is 0 Å². The number of nitrogens with zero attached hydrogens (tertiary/aromatic N) is 3. The van der Waals surface area contributed by atoms with E-state index in [-0.39, 0.29) is 0 Å². The number of nitrogen functional groups attached to an aromatic ring is 1. The van der Waals surface area contributed by atoms with E-state index >= 15 is 0 Å². The third kappa shape index (κ3) is 3.31. The number of hydrogen-bond acceptors (Lipinski definition) is 7. The molecule has 0 saturated carbocycles. The molecule has 130 valence electrons. The number of ether oxygens (including phenoxy) is 1. The minimum Gasteiger partial charge on any atom is -0.497 e. The summed E-state index contributed by atoms with van der Waals surface area (Å²) in [6.07, 6.45) is 1.03. The lowest BCUT2D eigenvalue weighted by atomic mass is 10.1. The van der Waals surface area contributed by atoms with Crippen LogP contribution in [-0.2, 0) is 18.7 Å². The molecule has 0 amide bonds. The van der Waals surface area contributed by atoms with Gasteiger partial charge in [-0.2, -0.15) is 0 Å². The second kappa shape index (κ2) is 6.82. The summed E-state index contributed by atoms with van der Waals surface area (Å²) in [4.78, 5) is 14.0. The Morgan fingerprint density at radius 2 is 2.08 bits per heavy atom. The van der Waals surface area contributed by atoms with Gasteiger partial charge in [0, 0.05) is 23.7 Å². The maximum Gasteiger partial charge on any atom is 0.191 e. The second-order valence-electron chi connectivity index (χ2n) is 6.20. The van der Waals surface area contributed by atoms with Gasteiger partial charge in [-0.25, -0.2) is 9.97 Å². The van der Waals surface area contributed by atoms with E-state index in [2.05, 4.69) is 29.1 Å². The first-order chi connectivity index (χ1) is 12.1. The molecule has 0 spiro atoms. The molecule has 0 atom stereocenters. The normalized spacial score (nSPS) is 14.6. The largest absolute Gasteiger partial charge is 0.497 e. The molecule has 3 aromatic rings. The zero-order chi connectivity index (χ0) is 17.4. The molecule has 7 heteroatoms. The van der Waals surface area contributed by atoms with Crippen LogP contribution in [0.1, 0.15) is 16.0 Å². The zero-order valence-electron chi connectivity index (χ0n) is 14.3. The smallest absolute Gasteiger partial charge is 0.191 e. The highest BCUT2D eigenvalue weighted by Gasteiger charge is 2.22. The van der Waals surface area contributed by atoms with Crippen LogP contribution in [0, 0.1) is 0 Å². The van der Waals surface area contributed by atoms with Gasteiger partial charge in [0.1, 0.15) is 16.4 Å². The quantitative estimate of drug-likeness (QED) is 0.558. The number of aromatic nitrogens is 2. The third-order valence-electron chi connectivity index (χ3n) is 4.43. The molecule has 1 aliphatic heterocycles. The van der Waals surface area contributed by atoms with Crippen molar-refractivity contribution in [3.8, 4) is 5.75 Å². The molecule has 5 nitrogen and oxygen atoms in total. The minimum atomic E-state index is 0.615. The molecule has 0 aliphatic carbocycles. The van der Waals surface area contributed by atoms with Gasteiger partial charge in [0.25, 0.3) is 0 Å². The van der Waals surface area contributed by atoms with Crippen LogP contribution in [0.25, 0.3) is 10.2 Å². The number of nitrogens with two attached hydrogens (primary N) is 1. The van der Waals surface area contributed by atoms with Crippen molar-refractivity contribution in [3.05, 3.63) is 40.3 Å². The molecule has 1 aliphatic rings. The Balaban J connectivity index is 1.58. The van der Waals surface area contributed by atoms with Crippen LogP contribution < -0.4 is 10.5 Å². The lowest BCUT2D eigenvalue weighted by Crippen LogP contribution is -2.25. The highest BCUT2D eigenvalue weighted by Crippen LogP contribution is 2.37. The fraction of sp³-hybridized carbons (Fsp3) is 0.333. The average molecular weight is 373 g/mol. The van der Waals surface area contributed by atoms with Crippen molar-refractivity contribution in [1.29, 1.82) is 0 Å². The number of likely N-dealkylation sites (N-methyl/N-ethyl adjacent to an activating group) is 1. The van der Waals surface area contributed by atoms with Crippen LogP contribution in [0.2, 0.25) is 0 Å². The first-order valence-electron chi connectivity index (χ1n) is 8.16. The van der Waals surface area contributed by atoms with E-state index in [1.807, 2.05) is 12.1 Å². The molecule has 2 aromatic heterocycles. The van der Waals surface area contributed by atoms with Crippen molar-refractivity contribution in [3.63, 3.8) is 0 Å².